The third-order valence-corrected chi connectivity index (χ3v) is 7.92. The summed E-state index contributed by atoms with van der Waals surface area (Å²) in [4.78, 5) is 29.1. The van der Waals surface area contributed by atoms with Crippen LogP contribution >= 0.6 is 0 Å². The van der Waals surface area contributed by atoms with Gasteiger partial charge in [0.25, 0.3) is 0 Å². The van der Waals surface area contributed by atoms with Crippen molar-refractivity contribution in [1.82, 2.24) is 10.2 Å². The highest BCUT2D eigenvalue weighted by atomic mass is 32.2. The lowest BCUT2D eigenvalue weighted by Crippen LogP contribution is -2.53. The molecule has 0 saturated carbocycles. The number of amides is 2. The van der Waals surface area contributed by atoms with E-state index in [0.29, 0.717) is 18.7 Å². The minimum Gasteiger partial charge on any atom is -0.354 e. The van der Waals surface area contributed by atoms with E-state index < -0.39 is 28.5 Å². The van der Waals surface area contributed by atoms with Gasteiger partial charge in [-0.2, -0.15) is 0 Å². The summed E-state index contributed by atoms with van der Waals surface area (Å²) < 4.78 is 27.0. The molecular weight excluding hydrogens is 522 g/mol. The van der Waals surface area contributed by atoms with E-state index in [1.807, 2.05) is 80.6 Å². The molecule has 1 atom stereocenters. The normalized spacial score (nSPS) is 12.2. The summed E-state index contributed by atoms with van der Waals surface area (Å²) in [6.07, 6.45) is 2.15. The predicted molar refractivity (Wildman–Crippen MR) is 162 cm³/mol. The van der Waals surface area contributed by atoms with Crippen molar-refractivity contribution in [3.8, 4) is 0 Å². The van der Waals surface area contributed by atoms with Crippen molar-refractivity contribution in [3.63, 3.8) is 0 Å². The predicted octanol–water partition coefficient (Wildman–Crippen LogP) is 5.05. The second kappa shape index (κ2) is 14.1. The Balaban J connectivity index is 2.03. The smallest absolute Gasteiger partial charge is 0.244 e. The number of rotatable bonds is 13. The number of sulfonamides is 1. The van der Waals surface area contributed by atoms with Crippen LogP contribution in [0.3, 0.4) is 0 Å². The molecule has 3 rings (SSSR count). The summed E-state index contributed by atoms with van der Waals surface area (Å²) in [6.45, 7) is 8.29. The van der Waals surface area contributed by atoms with Gasteiger partial charge in [0.1, 0.15) is 12.6 Å². The van der Waals surface area contributed by atoms with Gasteiger partial charge in [-0.25, -0.2) is 8.42 Å². The largest absolute Gasteiger partial charge is 0.354 e. The summed E-state index contributed by atoms with van der Waals surface area (Å²) in [5.74, 6) is -0.432. The molecule has 0 heterocycles. The van der Waals surface area contributed by atoms with Crippen LogP contribution in [0.25, 0.3) is 0 Å². The number of nitrogens with zero attached hydrogens (tertiary/aromatic N) is 2. The van der Waals surface area contributed by atoms with E-state index in [4.69, 9.17) is 0 Å². The van der Waals surface area contributed by atoms with E-state index >= 15 is 0 Å². The third kappa shape index (κ3) is 8.68. The molecule has 0 aliphatic heterocycles. The van der Waals surface area contributed by atoms with Crippen LogP contribution in [0.15, 0.2) is 78.9 Å². The van der Waals surface area contributed by atoms with E-state index in [0.717, 1.165) is 39.2 Å². The first-order chi connectivity index (χ1) is 19.0. The maximum atomic E-state index is 14.1. The number of nitrogens with one attached hydrogen (secondary N) is 1. The maximum absolute atomic E-state index is 14.1. The summed E-state index contributed by atoms with van der Waals surface area (Å²) in [6, 6.07) is 23.7. The van der Waals surface area contributed by atoms with Crippen LogP contribution in [-0.2, 0) is 32.6 Å². The van der Waals surface area contributed by atoms with Gasteiger partial charge in [-0.05, 0) is 48.1 Å². The minimum absolute atomic E-state index is 0.168. The molecule has 0 bridgehead atoms. The molecule has 40 heavy (non-hydrogen) atoms. The standard InChI is InChI=1S/C32H41N3O4S/c1-6-19-33-32(37)30(21-26-12-8-7-9-13-26)34(22-27-14-10-11-25(4)20-27)31(36)23-35(40(5,38)39)29-17-15-28(16-18-29)24(2)3/h7-18,20,24,30H,6,19,21-23H2,1-5H3,(H,33,37). The van der Waals surface area contributed by atoms with Crippen LogP contribution in [0.5, 0.6) is 0 Å². The summed E-state index contributed by atoms with van der Waals surface area (Å²) in [5, 5.41) is 2.95. The molecule has 0 aliphatic carbocycles. The van der Waals surface area contributed by atoms with Gasteiger partial charge < -0.3 is 10.2 Å². The minimum atomic E-state index is -3.79. The van der Waals surface area contributed by atoms with Crippen molar-refractivity contribution in [2.75, 3.05) is 23.7 Å². The lowest BCUT2D eigenvalue weighted by Gasteiger charge is -2.33. The Hall–Kier alpha value is -3.65. The fourth-order valence-electron chi connectivity index (χ4n) is 4.57. The van der Waals surface area contributed by atoms with E-state index in [1.165, 1.54) is 4.90 Å². The number of carbonyl (C=O) groups is 2. The molecule has 0 aliphatic rings. The van der Waals surface area contributed by atoms with Crippen LogP contribution in [0.1, 0.15) is 55.4 Å². The topological polar surface area (TPSA) is 86.8 Å². The highest BCUT2D eigenvalue weighted by molar-refractivity contribution is 7.92. The quantitative estimate of drug-likeness (QED) is 0.315. The van der Waals surface area contributed by atoms with E-state index in [9.17, 15) is 18.0 Å². The van der Waals surface area contributed by atoms with Crippen molar-refractivity contribution < 1.29 is 18.0 Å². The SMILES string of the molecule is CCCNC(=O)C(Cc1ccccc1)N(Cc1cccc(C)c1)C(=O)CN(c1ccc(C(C)C)cc1)S(C)(=O)=O. The average molecular weight is 564 g/mol. The molecule has 0 radical (unpaired) electrons. The molecule has 1 N–H and O–H groups in total. The molecule has 0 spiro atoms. The van der Waals surface area contributed by atoms with Gasteiger partial charge in [0, 0.05) is 19.5 Å². The highest BCUT2D eigenvalue weighted by Crippen LogP contribution is 2.23. The Morgan fingerprint density at radius 2 is 1.55 bits per heavy atom. The average Bonchev–Trinajstić information content (AvgIpc) is 2.92. The van der Waals surface area contributed by atoms with Crippen molar-refractivity contribution in [1.29, 1.82) is 0 Å². The van der Waals surface area contributed by atoms with Gasteiger partial charge in [-0.15, -0.1) is 0 Å². The van der Waals surface area contributed by atoms with Crippen LogP contribution in [0.4, 0.5) is 5.69 Å². The van der Waals surface area contributed by atoms with E-state index in [-0.39, 0.29) is 18.4 Å². The van der Waals surface area contributed by atoms with Gasteiger partial charge in [-0.3, -0.25) is 13.9 Å². The zero-order valence-electron chi connectivity index (χ0n) is 24.1. The first-order valence-corrected chi connectivity index (χ1v) is 15.6. The molecular formula is C32H41N3O4S. The first kappa shape index (κ1) is 30.9. The van der Waals surface area contributed by atoms with Crippen LogP contribution in [-0.4, -0.2) is 50.5 Å². The van der Waals surface area contributed by atoms with E-state index in [2.05, 4.69) is 19.2 Å². The van der Waals surface area contributed by atoms with Crippen molar-refractivity contribution in [3.05, 3.63) is 101 Å². The Morgan fingerprint density at radius 3 is 2.12 bits per heavy atom. The number of anilines is 1. The Bertz CT molecular complexity index is 1370. The number of carbonyl (C=O) groups excluding carboxylic acids is 2. The van der Waals surface area contributed by atoms with Crippen LogP contribution < -0.4 is 9.62 Å². The molecule has 8 heteroatoms. The zero-order valence-corrected chi connectivity index (χ0v) is 24.9. The monoisotopic (exact) mass is 563 g/mol. The molecule has 7 nitrogen and oxygen atoms in total. The van der Waals surface area contributed by atoms with Crippen molar-refractivity contribution >= 4 is 27.5 Å². The number of benzene rings is 3. The van der Waals surface area contributed by atoms with Crippen molar-refractivity contribution in [2.45, 2.75) is 59.0 Å². The van der Waals surface area contributed by atoms with Gasteiger partial charge in [0.15, 0.2) is 0 Å². The second-order valence-corrected chi connectivity index (χ2v) is 12.4. The number of aryl methyl sites for hydroxylation is 1. The molecule has 3 aromatic rings. The van der Waals surface area contributed by atoms with Gasteiger partial charge in [-0.1, -0.05) is 93.1 Å². The lowest BCUT2D eigenvalue weighted by molar-refractivity contribution is -0.140. The number of hydrogen-bond donors (Lipinski definition) is 1. The molecule has 214 valence electrons. The van der Waals surface area contributed by atoms with Crippen LogP contribution in [0, 0.1) is 6.92 Å². The molecule has 3 aromatic carbocycles. The number of hydrogen-bond acceptors (Lipinski definition) is 4. The van der Waals surface area contributed by atoms with E-state index in [1.54, 1.807) is 12.1 Å². The Labute approximate surface area is 239 Å². The first-order valence-electron chi connectivity index (χ1n) is 13.7. The second-order valence-electron chi connectivity index (χ2n) is 10.5. The third-order valence-electron chi connectivity index (χ3n) is 6.78. The molecule has 1 unspecified atom stereocenters. The maximum Gasteiger partial charge on any atom is 0.244 e. The summed E-state index contributed by atoms with van der Waals surface area (Å²) >= 11 is 0. The molecule has 2 amide bonds. The van der Waals surface area contributed by atoms with Gasteiger partial charge in [0.2, 0.25) is 21.8 Å². The van der Waals surface area contributed by atoms with Crippen molar-refractivity contribution in [2.24, 2.45) is 0 Å². The van der Waals surface area contributed by atoms with Crippen LogP contribution in [0.2, 0.25) is 0 Å². The summed E-state index contributed by atoms with van der Waals surface area (Å²) in [5.41, 5.74) is 4.28. The fraction of sp³-hybridized carbons (Fsp3) is 0.375. The molecule has 0 saturated heterocycles. The Morgan fingerprint density at radius 1 is 0.900 bits per heavy atom. The molecule has 0 fully saturated rings. The fourth-order valence-corrected chi connectivity index (χ4v) is 5.42. The van der Waals surface area contributed by atoms with Gasteiger partial charge in [0.05, 0.1) is 11.9 Å². The van der Waals surface area contributed by atoms with Gasteiger partial charge >= 0.3 is 0 Å². The summed E-state index contributed by atoms with van der Waals surface area (Å²) in [7, 11) is -3.79. The Kier molecular flexibility index (Phi) is 10.9. The molecule has 0 aromatic heterocycles. The zero-order chi connectivity index (χ0) is 29.3. The highest BCUT2D eigenvalue weighted by Gasteiger charge is 2.33. The lowest BCUT2D eigenvalue weighted by atomic mass is 10.0.